The first-order chi connectivity index (χ1) is 8.34. The van der Waals surface area contributed by atoms with Crippen LogP contribution in [0.15, 0.2) is 4.90 Å². The van der Waals surface area contributed by atoms with E-state index in [-0.39, 0.29) is 15.7 Å². The first kappa shape index (κ1) is 13.5. The minimum Gasteiger partial charge on any atom is -0.382 e. The van der Waals surface area contributed by atoms with Crippen LogP contribution in [0.25, 0.3) is 0 Å². The van der Waals surface area contributed by atoms with Crippen molar-refractivity contribution >= 4 is 32.2 Å². The number of alkyl halides is 2. The van der Waals surface area contributed by atoms with E-state index >= 15 is 0 Å². The Morgan fingerprint density at radius 2 is 2.17 bits per heavy atom. The molecule has 1 aliphatic carbocycles. The molecule has 0 aromatic carbocycles. The second kappa shape index (κ2) is 4.61. The predicted octanol–water partition coefficient (Wildman–Crippen LogP) is 1.36. The standard InChI is InChI=1S/C9H13F2N3O2S2/c1-14(4-6(10)11)9-7(8(12)13-17-9)18(15,16)5-2-3-5/h5-6H,2-4H2,1H3,(H2,12,13). The number of hydrogen-bond acceptors (Lipinski definition) is 6. The van der Waals surface area contributed by atoms with Crippen molar-refractivity contribution in [3.8, 4) is 0 Å². The topological polar surface area (TPSA) is 76.3 Å². The molecule has 5 nitrogen and oxygen atoms in total. The zero-order valence-corrected chi connectivity index (χ0v) is 11.3. The molecule has 9 heteroatoms. The first-order valence-corrected chi connectivity index (χ1v) is 7.64. The third-order valence-electron chi connectivity index (χ3n) is 2.66. The molecule has 0 unspecified atom stereocenters. The molecule has 1 heterocycles. The minimum atomic E-state index is -3.53. The average molecular weight is 297 g/mol. The molecular formula is C9H13F2N3O2S2. The quantitative estimate of drug-likeness (QED) is 0.888. The largest absolute Gasteiger partial charge is 0.382 e. The zero-order chi connectivity index (χ0) is 13.5. The lowest BCUT2D eigenvalue weighted by atomic mass is 10.5. The summed E-state index contributed by atoms with van der Waals surface area (Å²) in [5.41, 5.74) is 5.57. The Hall–Kier alpha value is -0.960. The second-order valence-electron chi connectivity index (χ2n) is 4.22. The van der Waals surface area contributed by atoms with Gasteiger partial charge >= 0.3 is 0 Å². The van der Waals surface area contributed by atoms with Crippen LogP contribution in [0.2, 0.25) is 0 Å². The van der Waals surface area contributed by atoms with Crippen molar-refractivity contribution in [2.24, 2.45) is 0 Å². The molecule has 0 saturated heterocycles. The Bertz CT molecular complexity index is 540. The van der Waals surface area contributed by atoms with E-state index in [1.54, 1.807) is 0 Å². The molecule has 2 rings (SSSR count). The van der Waals surface area contributed by atoms with Gasteiger partial charge in [0.1, 0.15) is 9.90 Å². The maximum atomic E-state index is 12.3. The van der Waals surface area contributed by atoms with Gasteiger partial charge in [-0.1, -0.05) is 0 Å². The fourth-order valence-corrected chi connectivity index (χ4v) is 4.65. The molecule has 1 aromatic heterocycles. The molecule has 102 valence electrons. The van der Waals surface area contributed by atoms with E-state index in [4.69, 9.17) is 5.73 Å². The van der Waals surface area contributed by atoms with Crippen molar-refractivity contribution in [3.05, 3.63) is 0 Å². The van der Waals surface area contributed by atoms with Gasteiger partial charge < -0.3 is 10.6 Å². The fraction of sp³-hybridized carbons (Fsp3) is 0.667. The molecule has 1 saturated carbocycles. The van der Waals surface area contributed by atoms with E-state index in [1.165, 1.54) is 11.9 Å². The number of rotatable bonds is 5. The van der Waals surface area contributed by atoms with Crippen LogP contribution in [0.1, 0.15) is 12.8 Å². The smallest absolute Gasteiger partial charge is 0.255 e. The molecule has 2 N–H and O–H groups in total. The molecule has 0 amide bonds. The second-order valence-corrected chi connectivity index (χ2v) is 7.13. The van der Waals surface area contributed by atoms with Crippen LogP contribution < -0.4 is 10.6 Å². The zero-order valence-electron chi connectivity index (χ0n) is 9.64. The summed E-state index contributed by atoms with van der Waals surface area (Å²) in [6, 6.07) is 0. The lowest BCUT2D eigenvalue weighted by Crippen LogP contribution is -2.25. The van der Waals surface area contributed by atoms with Gasteiger partial charge in [0, 0.05) is 7.05 Å². The molecular weight excluding hydrogens is 284 g/mol. The normalized spacial score (nSPS) is 16.2. The van der Waals surface area contributed by atoms with E-state index < -0.39 is 28.1 Å². The van der Waals surface area contributed by atoms with E-state index in [0.29, 0.717) is 12.8 Å². The highest BCUT2D eigenvalue weighted by Gasteiger charge is 2.41. The van der Waals surface area contributed by atoms with Gasteiger partial charge in [-0.3, -0.25) is 0 Å². The van der Waals surface area contributed by atoms with Crippen LogP contribution in [0.3, 0.4) is 0 Å². The summed E-state index contributed by atoms with van der Waals surface area (Å²) in [5, 5.41) is -0.241. The lowest BCUT2D eigenvalue weighted by molar-refractivity contribution is 0.156. The number of nitrogen functional groups attached to an aromatic ring is 1. The fourth-order valence-electron chi connectivity index (χ4n) is 1.63. The van der Waals surface area contributed by atoms with E-state index in [0.717, 1.165) is 11.5 Å². The van der Waals surface area contributed by atoms with Gasteiger partial charge in [-0.15, -0.1) is 0 Å². The maximum absolute atomic E-state index is 12.3. The number of aromatic nitrogens is 1. The summed E-state index contributed by atoms with van der Waals surface area (Å²) in [6.45, 7) is -0.547. The van der Waals surface area contributed by atoms with Gasteiger partial charge in [-0.05, 0) is 24.4 Å². The third-order valence-corrected chi connectivity index (χ3v) is 6.09. The lowest BCUT2D eigenvalue weighted by Gasteiger charge is -2.17. The Morgan fingerprint density at radius 3 is 2.67 bits per heavy atom. The van der Waals surface area contributed by atoms with Gasteiger partial charge in [0.05, 0.1) is 11.8 Å². The SMILES string of the molecule is CN(CC(F)F)c1snc(N)c1S(=O)(=O)C1CC1. The molecule has 0 atom stereocenters. The van der Waals surface area contributed by atoms with Crippen LogP contribution >= 0.6 is 11.5 Å². The molecule has 0 aliphatic heterocycles. The first-order valence-electron chi connectivity index (χ1n) is 5.32. The number of hydrogen-bond donors (Lipinski definition) is 1. The Kier molecular flexibility index (Phi) is 3.45. The van der Waals surface area contributed by atoms with Gasteiger partial charge in [0.25, 0.3) is 6.43 Å². The van der Waals surface area contributed by atoms with Crippen molar-refractivity contribution in [2.45, 2.75) is 29.4 Å². The molecule has 18 heavy (non-hydrogen) atoms. The van der Waals surface area contributed by atoms with Crippen LogP contribution in [-0.4, -0.2) is 38.1 Å². The predicted molar refractivity (Wildman–Crippen MR) is 66.0 cm³/mol. The number of sulfone groups is 1. The highest BCUT2D eigenvalue weighted by Crippen LogP contribution is 2.42. The number of nitrogens with two attached hydrogens (primary N) is 1. The third kappa shape index (κ3) is 2.41. The Balaban J connectivity index is 2.38. The molecule has 0 bridgehead atoms. The highest BCUT2D eigenvalue weighted by molar-refractivity contribution is 7.92. The number of nitrogens with zero attached hydrogens (tertiary/aromatic N) is 2. The monoisotopic (exact) mass is 297 g/mol. The molecule has 1 aromatic rings. The van der Waals surface area contributed by atoms with Crippen molar-refractivity contribution in [3.63, 3.8) is 0 Å². The molecule has 1 fully saturated rings. The van der Waals surface area contributed by atoms with Crippen LogP contribution in [0.4, 0.5) is 19.6 Å². The van der Waals surface area contributed by atoms with Gasteiger partial charge in [-0.2, -0.15) is 4.37 Å². The van der Waals surface area contributed by atoms with E-state index in [1.807, 2.05) is 0 Å². The van der Waals surface area contributed by atoms with Crippen molar-refractivity contribution in [1.82, 2.24) is 4.37 Å². The summed E-state index contributed by atoms with van der Waals surface area (Å²) >= 11 is 0.837. The number of anilines is 2. The van der Waals surface area contributed by atoms with Crippen LogP contribution in [-0.2, 0) is 9.84 Å². The Labute approximate surface area is 108 Å². The summed E-state index contributed by atoms with van der Waals surface area (Å²) in [7, 11) is -2.12. The highest BCUT2D eigenvalue weighted by atomic mass is 32.2. The maximum Gasteiger partial charge on any atom is 0.255 e. The van der Waals surface area contributed by atoms with E-state index in [9.17, 15) is 17.2 Å². The molecule has 1 aliphatic rings. The molecule has 0 radical (unpaired) electrons. The number of halogens is 2. The summed E-state index contributed by atoms with van der Waals surface area (Å²) in [4.78, 5) is 1.10. The van der Waals surface area contributed by atoms with Gasteiger partial charge in [0.2, 0.25) is 0 Å². The van der Waals surface area contributed by atoms with Crippen molar-refractivity contribution in [1.29, 1.82) is 0 Å². The van der Waals surface area contributed by atoms with Crippen molar-refractivity contribution in [2.75, 3.05) is 24.2 Å². The Morgan fingerprint density at radius 1 is 1.56 bits per heavy atom. The molecule has 0 spiro atoms. The summed E-state index contributed by atoms with van der Waals surface area (Å²) in [6.07, 6.45) is -1.36. The summed E-state index contributed by atoms with van der Waals surface area (Å²) < 4.78 is 52.8. The summed E-state index contributed by atoms with van der Waals surface area (Å²) in [5.74, 6) is -0.0944. The van der Waals surface area contributed by atoms with Crippen LogP contribution in [0, 0.1) is 0 Å². The minimum absolute atomic E-state index is 0.0850. The average Bonchev–Trinajstić information content (AvgIpc) is 3.01. The van der Waals surface area contributed by atoms with Gasteiger partial charge in [-0.25, -0.2) is 17.2 Å². The van der Waals surface area contributed by atoms with E-state index in [2.05, 4.69) is 4.37 Å². The van der Waals surface area contributed by atoms with Crippen LogP contribution in [0.5, 0.6) is 0 Å². The van der Waals surface area contributed by atoms with Gasteiger partial charge in [0.15, 0.2) is 15.7 Å². The van der Waals surface area contributed by atoms with Crippen molar-refractivity contribution < 1.29 is 17.2 Å².